The number of aliphatic hydroxyl groups excluding tert-OH is 1. The van der Waals surface area contributed by atoms with Crippen LogP contribution in [0.3, 0.4) is 0 Å². The molecular formula is C20H30N2O2. The Kier molecular flexibility index (Phi) is 5.26. The molecule has 132 valence electrons. The van der Waals surface area contributed by atoms with Crippen LogP contribution in [0.4, 0.5) is 0 Å². The molecule has 0 bridgehead atoms. The molecule has 0 aromatic heterocycles. The average Bonchev–Trinajstić information content (AvgIpc) is 2.97. The second kappa shape index (κ2) is 7.24. The van der Waals surface area contributed by atoms with Gasteiger partial charge in [0.25, 0.3) is 0 Å². The zero-order chi connectivity index (χ0) is 17.2. The topological polar surface area (TPSA) is 67.8 Å². The number of hydrogen-bond acceptors (Lipinski definition) is 4. The van der Waals surface area contributed by atoms with E-state index in [4.69, 9.17) is 10.6 Å². The van der Waals surface area contributed by atoms with Crippen LogP contribution in [-0.2, 0) is 17.7 Å². The van der Waals surface area contributed by atoms with Crippen molar-refractivity contribution >= 4 is 5.71 Å². The summed E-state index contributed by atoms with van der Waals surface area (Å²) >= 11 is 0. The first-order valence-electron chi connectivity index (χ1n) is 9.18. The summed E-state index contributed by atoms with van der Waals surface area (Å²) in [5.41, 5.74) is 11.2. The Bertz CT molecular complexity index is 612. The van der Waals surface area contributed by atoms with E-state index in [1.54, 1.807) is 0 Å². The van der Waals surface area contributed by atoms with E-state index in [9.17, 15) is 5.11 Å². The van der Waals surface area contributed by atoms with Crippen LogP contribution >= 0.6 is 0 Å². The molecule has 0 radical (unpaired) electrons. The lowest BCUT2D eigenvalue weighted by Crippen LogP contribution is -2.40. The summed E-state index contributed by atoms with van der Waals surface area (Å²) in [5, 5.41) is 13.8. The Balaban J connectivity index is 1.66. The van der Waals surface area contributed by atoms with Gasteiger partial charge < -0.3 is 15.7 Å². The van der Waals surface area contributed by atoms with Gasteiger partial charge in [-0.25, -0.2) is 0 Å². The smallest absolute Gasteiger partial charge is 0.119 e. The summed E-state index contributed by atoms with van der Waals surface area (Å²) in [4.78, 5) is 5.44. The SMILES string of the molecule is CC(C)CO/N=C1/CCc2cc([C@H]3CC[C@](N)(CO)C3)ccc2C1. The maximum Gasteiger partial charge on any atom is 0.119 e. The number of nitrogens with zero attached hydrogens (tertiary/aromatic N) is 1. The first-order valence-corrected chi connectivity index (χ1v) is 9.18. The monoisotopic (exact) mass is 330 g/mol. The van der Waals surface area contributed by atoms with E-state index in [2.05, 4.69) is 37.2 Å². The molecule has 0 saturated heterocycles. The van der Waals surface area contributed by atoms with Crippen LogP contribution < -0.4 is 5.73 Å². The number of rotatable bonds is 5. The van der Waals surface area contributed by atoms with Crippen molar-refractivity contribution < 1.29 is 9.94 Å². The molecule has 1 aromatic carbocycles. The minimum Gasteiger partial charge on any atom is -0.396 e. The third kappa shape index (κ3) is 3.98. The summed E-state index contributed by atoms with van der Waals surface area (Å²) in [5.74, 6) is 0.990. The fourth-order valence-corrected chi connectivity index (χ4v) is 3.83. The van der Waals surface area contributed by atoms with Crippen molar-refractivity contribution in [3.63, 3.8) is 0 Å². The van der Waals surface area contributed by atoms with E-state index in [1.165, 1.54) is 16.7 Å². The molecule has 0 spiro atoms. The molecule has 4 heteroatoms. The van der Waals surface area contributed by atoms with Gasteiger partial charge >= 0.3 is 0 Å². The molecule has 0 aliphatic heterocycles. The fraction of sp³-hybridized carbons (Fsp3) is 0.650. The molecule has 1 aromatic rings. The molecule has 0 heterocycles. The van der Waals surface area contributed by atoms with E-state index >= 15 is 0 Å². The van der Waals surface area contributed by atoms with E-state index in [1.807, 2.05) is 0 Å². The standard InChI is InChI=1S/C20H30N2O2/c1-14(2)12-24-22-19-6-5-15-9-16(3-4-17(15)10-19)18-7-8-20(21,11-18)13-23/h3-4,9,14,18,23H,5-8,10-13,21H2,1-2H3/b22-19-/t18-,20+/m0/s1. The predicted molar refractivity (Wildman–Crippen MR) is 97.3 cm³/mol. The van der Waals surface area contributed by atoms with Crippen LogP contribution in [-0.4, -0.2) is 29.6 Å². The van der Waals surface area contributed by atoms with E-state index in [-0.39, 0.29) is 12.1 Å². The highest BCUT2D eigenvalue weighted by atomic mass is 16.6. The molecule has 1 fully saturated rings. The van der Waals surface area contributed by atoms with Crippen molar-refractivity contribution in [1.82, 2.24) is 0 Å². The number of aliphatic hydroxyl groups is 1. The van der Waals surface area contributed by atoms with Gasteiger partial charge in [-0.05, 0) is 60.6 Å². The Morgan fingerprint density at radius 1 is 1.33 bits per heavy atom. The van der Waals surface area contributed by atoms with Crippen LogP contribution in [0.25, 0.3) is 0 Å². The van der Waals surface area contributed by atoms with E-state index in [0.29, 0.717) is 18.4 Å². The molecule has 2 aliphatic rings. The van der Waals surface area contributed by atoms with Crippen LogP contribution in [0.15, 0.2) is 23.4 Å². The highest BCUT2D eigenvalue weighted by molar-refractivity contribution is 5.88. The van der Waals surface area contributed by atoms with Gasteiger partial charge in [0.05, 0.1) is 12.3 Å². The third-order valence-corrected chi connectivity index (χ3v) is 5.34. The molecule has 2 atom stereocenters. The van der Waals surface area contributed by atoms with E-state index in [0.717, 1.165) is 44.2 Å². The Hall–Kier alpha value is -1.39. The second-order valence-corrected chi connectivity index (χ2v) is 8.01. The van der Waals surface area contributed by atoms with Gasteiger partial charge in [-0.1, -0.05) is 37.2 Å². The van der Waals surface area contributed by atoms with Crippen LogP contribution in [0, 0.1) is 5.92 Å². The number of fused-ring (bicyclic) bond motifs is 1. The second-order valence-electron chi connectivity index (χ2n) is 8.01. The fourth-order valence-electron chi connectivity index (χ4n) is 3.83. The van der Waals surface area contributed by atoms with Gasteiger partial charge in [-0.15, -0.1) is 0 Å². The van der Waals surface area contributed by atoms with E-state index < -0.39 is 0 Å². The van der Waals surface area contributed by atoms with Crippen molar-refractivity contribution in [3.05, 3.63) is 34.9 Å². The molecule has 0 amide bonds. The van der Waals surface area contributed by atoms with Gasteiger partial charge in [-0.2, -0.15) is 0 Å². The predicted octanol–water partition coefficient (Wildman–Crippen LogP) is 3.16. The van der Waals surface area contributed by atoms with Gasteiger partial charge in [0.1, 0.15) is 6.61 Å². The molecule has 3 rings (SSSR count). The van der Waals surface area contributed by atoms with Crippen molar-refractivity contribution in [3.8, 4) is 0 Å². The number of hydrogen-bond donors (Lipinski definition) is 2. The lowest BCUT2D eigenvalue weighted by atomic mass is 9.85. The molecule has 2 aliphatic carbocycles. The highest BCUT2D eigenvalue weighted by Crippen LogP contribution is 2.40. The maximum absolute atomic E-state index is 9.47. The summed E-state index contributed by atoms with van der Waals surface area (Å²) in [6.45, 7) is 5.04. The number of aryl methyl sites for hydroxylation is 1. The summed E-state index contributed by atoms with van der Waals surface area (Å²) in [7, 11) is 0. The van der Waals surface area contributed by atoms with Crippen molar-refractivity contribution in [2.24, 2.45) is 16.8 Å². The van der Waals surface area contributed by atoms with Crippen LogP contribution in [0.1, 0.15) is 62.1 Å². The Morgan fingerprint density at radius 2 is 2.17 bits per heavy atom. The molecule has 1 saturated carbocycles. The van der Waals surface area contributed by atoms with Gasteiger partial charge in [0.2, 0.25) is 0 Å². The molecule has 24 heavy (non-hydrogen) atoms. The molecule has 3 N–H and O–H groups in total. The third-order valence-electron chi connectivity index (χ3n) is 5.34. The van der Waals surface area contributed by atoms with Crippen molar-refractivity contribution in [1.29, 1.82) is 0 Å². The number of nitrogens with two attached hydrogens (primary N) is 1. The maximum atomic E-state index is 9.47. The first-order chi connectivity index (χ1) is 11.5. The highest BCUT2D eigenvalue weighted by Gasteiger charge is 2.36. The summed E-state index contributed by atoms with van der Waals surface area (Å²) in [6.07, 6.45) is 5.79. The molecular weight excluding hydrogens is 300 g/mol. The summed E-state index contributed by atoms with van der Waals surface area (Å²) < 4.78 is 0. The average molecular weight is 330 g/mol. The van der Waals surface area contributed by atoms with Gasteiger partial charge in [0.15, 0.2) is 0 Å². The Labute approximate surface area is 145 Å². The first kappa shape index (κ1) is 17.4. The minimum atomic E-state index is -0.381. The zero-order valence-electron chi connectivity index (χ0n) is 14.9. The summed E-state index contributed by atoms with van der Waals surface area (Å²) in [6, 6.07) is 6.84. The van der Waals surface area contributed by atoms with Crippen LogP contribution in [0.2, 0.25) is 0 Å². The molecule has 0 unspecified atom stereocenters. The lowest BCUT2D eigenvalue weighted by Gasteiger charge is -2.22. The Morgan fingerprint density at radius 3 is 2.88 bits per heavy atom. The van der Waals surface area contributed by atoms with Crippen molar-refractivity contribution in [2.75, 3.05) is 13.2 Å². The quantitative estimate of drug-likeness (QED) is 0.815. The van der Waals surface area contributed by atoms with Gasteiger partial charge in [-0.3, -0.25) is 0 Å². The zero-order valence-corrected chi connectivity index (χ0v) is 14.9. The minimum absolute atomic E-state index is 0.0879. The normalized spacial score (nSPS) is 28.4. The number of benzene rings is 1. The number of oxime groups is 1. The largest absolute Gasteiger partial charge is 0.396 e. The van der Waals surface area contributed by atoms with Crippen molar-refractivity contribution in [2.45, 2.75) is 63.8 Å². The molecule has 4 nitrogen and oxygen atoms in total. The van der Waals surface area contributed by atoms with Crippen LogP contribution in [0.5, 0.6) is 0 Å². The van der Waals surface area contributed by atoms with Gasteiger partial charge in [0, 0.05) is 12.0 Å². The lowest BCUT2D eigenvalue weighted by molar-refractivity contribution is 0.117.